The average molecular weight is 446 g/mol. The molecule has 1 saturated carbocycles. The van der Waals surface area contributed by atoms with Gasteiger partial charge in [-0.05, 0) is 37.8 Å². The van der Waals surface area contributed by atoms with E-state index in [0.29, 0.717) is 17.7 Å². The van der Waals surface area contributed by atoms with Crippen LogP contribution < -0.4 is 10.5 Å². The van der Waals surface area contributed by atoms with Gasteiger partial charge in [0.25, 0.3) is 5.56 Å². The van der Waals surface area contributed by atoms with Crippen LogP contribution in [-0.2, 0) is 13.5 Å². The lowest BCUT2D eigenvalue weighted by Crippen LogP contribution is -2.54. The molecule has 8 nitrogen and oxygen atoms in total. The Bertz CT molecular complexity index is 1250. The molecule has 172 valence electrons. The van der Waals surface area contributed by atoms with E-state index in [4.69, 9.17) is 15.2 Å². The van der Waals surface area contributed by atoms with E-state index < -0.39 is 0 Å². The second-order valence-electron chi connectivity index (χ2n) is 9.34. The summed E-state index contributed by atoms with van der Waals surface area (Å²) in [5.41, 5.74) is 4.69. The molecule has 0 amide bonds. The molecule has 0 N–H and O–H groups in total. The first-order valence-electron chi connectivity index (χ1n) is 11.9. The van der Waals surface area contributed by atoms with Crippen molar-refractivity contribution in [3.8, 4) is 6.07 Å². The lowest BCUT2D eigenvalue weighted by Gasteiger charge is -2.44. The van der Waals surface area contributed by atoms with Gasteiger partial charge in [0.1, 0.15) is 0 Å². The van der Waals surface area contributed by atoms with E-state index >= 15 is 0 Å². The number of anilines is 1. The lowest BCUT2D eigenvalue weighted by atomic mass is 10.0. The van der Waals surface area contributed by atoms with Gasteiger partial charge in [-0.2, -0.15) is 5.26 Å². The van der Waals surface area contributed by atoms with Crippen LogP contribution in [0.3, 0.4) is 0 Å². The molecule has 33 heavy (non-hydrogen) atoms. The van der Waals surface area contributed by atoms with Crippen molar-refractivity contribution in [1.82, 2.24) is 24.1 Å². The van der Waals surface area contributed by atoms with E-state index in [1.165, 1.54) is 24.1 Å². The van der Waals surface area contributed by atoms with Crippen molar-refractivity contribution in [1.29, 1.82) is 5.26 Å². The van der Waals surface area contributed by atoms with Crippen molar-refractivity contribution >= 4 is 11.3 Å². The second-order valence-corrected chi connectivity index (χ2v) is 9.34. The minimum atomic E-state index is -0.0779. The Labute approximate surface area is 194 Å². The minimum Gasteiger partial charge on any atom is -0.363 e. The molecule has 2 unspecified atom stereocenters. The Morgan fingerprint density at radius 1 is 1.27 bits per heavy atom. The first-order valence-corrected chi connectivity index (χ1v) is 11.9. The number of rotatable bonds is 6. The quantitative estimate of drug-likeness (QED) is 0.580. The van der Waals surface area contributed by atoms with Crippen LogP contribution in [0.15, 0.2) is 35.4 Å². The van der Waals surface area contributed by atoms with Crippen molar-refractivity contribution in [2.24, 2.45) is 7.05 Å². The minimum absolute atomic E-state index is 0.0779. The van der Waals surface area contributed by atoms with Gasteiger partial charge in [-0.25, -0.2) is 14.2 Å². The zero-order valence-corrected chi connectivity index (χ0v) is 19.6. The van der Waals surface area contributed by atoms with Gasteiger partial charge in [-0.3, -0.25) is 14.7 Å². The number of aryl methyl sites for hydroxylation is 1. The van der Waals surface area contributed by atoms with Gasteiger partial charge in [-0.1, -0.05) is 13.0 Å². The molecular weight excluding hydrogens is 414 g/mol. The molecule has 0 spiro atoms. The maximum absolute atomic E-state index is 12.7. The van der Waals surface area contributed by atoms with Crippen LogP contribution in [0.25, 0.3) is 5.65 Å². The first-order chi connectivity index (χ1) is 16.0. The van der Waals surface area contributed by atoms with Crippen LogP contribution in [0.2, 0.25) is 0 Å². The molecule has 0 radical (unpaired) electrons. The SMILES string of the molecule is CCC1CN(C(C)c2ccc(C3CC3)nc2)CCN1c1cc(=O)n(C)n2cc(CC#N)nc12. The molecule has 0 bridgehead atoms. The van der Waals surface area contributed by atoms with Gasteiger partial charge < -0.3 is 4.90 Å². The number of nitriles is 1. The van der Waals surface area contributed by atoms with Crippen molar-refractivity contribution in [3.05, 3.63) is 57.9 Å². The zero-order valence-electron chi connectivity index (χ0n) is 19.6. The largest absolute Gasteiger partial charge is 0.363 e. The normalized spacial score (nSPS) is 20.2. The Kier molecular flexibility index (Phi) is 5.67. The van der Waals surface area contributed by atoms with Crippen LogP contribution in [-0.4, -0.2) is 49.7 Å². The monoisotopic (exact) mass is 445 g/mol. The van der Waals surface area contributed by atoms with Gasteiger partial charge in [0.05, 0.1) is 30.1 Å². The molecule has 4 heterocycles. The van der Waals surface area contributed by atoms with E-state index in [2.05, 4.69) is 48.0 Å². The zero-order chi connectivity index (χ0) is 23.1. The van der Waals surface area contributed by atoms with Crippen LogP contribution in [0.4, 0.5) is 5.69 Å². The molecule has 3 aromatic heterocycles. The van der Waals surface area contributed by atoms with Crippen molar-refractivity contribution < 1.29 is 0 Å². The first kappa shape index (κ1) is 21.7. The van der Waals surface area contributed by atoms with E-state index in [-0.39, 0.29) is 18.0 Å². The highest BCUT2D eigenvalue weighted by atomic mass is 16.1. The third-order valence-corrected chi connectivity index (χ3v) is 7.26. The molecule has 3 aromatic rings. The molecule has 2 aliphatic rings. The van der Waals surface area contributed by atoms with Crippen LogP contribution in [0.1, 0.15) is 62.0 Å². The molecule has 2 fully saturated rings. The highest BCUT2D eigenvalue weighted by molar-refractivity contribution is 5.69. The third kappa shape index (κ3) is 4.02. The fourth-order valence-electron chi connectivity index (χ4n) is 4.97. The highest BCUT2D eigenvalue weighted by Crippen LogP contribution is 2.39. The van der Waals surface area contributed by atoms with Gasteiger partial charge in [-0.15, -0.1) is 0 Å². The maximum Gasteiger partial charge on any atom is 0.267 e. The van der Waals surface area contributed by atoms with Crippen LogP contribution in [0, 0.1) is 11.3 Å². The Balaban J connectivity index is 1.40. The predicted octanol–water partition coefficient (Wildman–Crippen LogP) is 3.03. The van der Waals surface area contributed by atoms with E-state index in [1.807, 2.05) is 0 Å². The topological polar surface area (TPSA) is 82.5 Å². The summed E-state index contributed by atoms with van der Waals surface area (Å²) >= 11 is 0. The Morgan fingerprint density at radius 3 is 2.76 bits per heavy atom. The van der Waals surface area contributed by atoms with Gasteiger partial charge >= 0.3 is 0 Å². The number of hydrogen-bond donors (Lipinski definition) is 0. The molecule has 1 aliphatic carbocycles. The number of piperazine rings is 1. The van der Waals surface area contributed by atoms with Crippen LogP contribution in [0.5, 0.6) is 0 Å². The molecule has 1 aliphatic heterocycles. The summed E-state index contributed by atoms with van der Waals surface area (Å²) in [5.74, 6) is 0.675. The van der Waals surface area contributed by atoms with Crippen molar-refractivity contribution in [3.63, 3.8) is 0 Å². The summed E-state index contributed by atoms with van der Waals surface area (Å²) in [4.78, 5) is 27.0. The summed E-state index contributed by atoms with van der Waals surface area (Å²) in [6.07, 6.45) is 7.58. The molecular formula is C25H31N7O. The lowest BCUT2D eigenvalue weighted by molar-refractivity contribution is 0.169. The van der Waals surface area contributed by atoms with E-state index in [0.717, 1.165) is 37.4 Å². The van der Waals surface area contributed by atoms with Gasteiger partial charge in [0.2, 0.25) is 0 Å². The summed E-state index contributed by atoms with van der Waals surface area (Å²) < 4.78 is 3.32. The van der Waals surface area contributed by atoms with Crippen LogP contribution >= 0.6 is 0 Å². The number of imidazole rings is 1. The van der Waals surface area contributed by atoms with E-state index in [1.54, 1.807) is 28.5 Å². The molecule has 8 heteroatoms. The van der Waals surface area contributed by atoms with Crippen molar-refractivity contribution in [2.45, 2.75) is 57.5 Å². The second kappa shape index (κ2) is 8.64. The average Bonchev–Trinajstić information content (AvgIpc) is 3.60. The van der Waals surface area contributed by atoms with Gasteiger partial charge in [0, 0.05) is 62.6 Å². The third-order valence-electron chi connectivity index (χ3n) is 7.26. The number of pyridine rings is 1. The standard InChI is InChI=1S/C25H31N7O/c1-4-21-16-30(17(2)19-7-8-22(27-14-19)18-5-6-18)11-12-31(21)23-13-24(33)29(3)32-15-20(9-10-26)28-25(23)32/h7-8,13-15,17-18,21H,4-6,9,11-12,16H2,1-3H3. The molecule has 2 atom stereocenters. The molecule has 5 rings (SSSR count). The summed E-state index contributed by atoms with van der Waals surface area (Å²) in [5, 5.41) is 9.10. The summed E-state index contributed by atoms with van der Waals surface area (Å²) in [6.45, 7) is 7.09. The summed E-state index contributed by atoms with van der Waals surface area (Å²) in [6, 6.07) is 8.85. The van der Waals surface area contributed by atoms with Crippen molar-refractivity contribution in [2.75, 3.05) is 24.5 Å². The number of fused-ring (bicyclic) bond motifs is 1. The Morgan fingerprint density at radius 2 is 2.09 bits per heavy atom. The molecule has 0 aromatic carbocycles. The maximum atomic E-state index is 12.7. The summed E-state index contributed by atoms with van der Waals surface area (Å²) in [7, 11) is 1.73. The van der Waals surface area contributed by atoms with E-state index in [9.17, 15) is 4.79 Å². The predicted molar refractivity (Wildman–Crippen MR) is 127 cm³/mol. The fraction of sp³-hybridized carbons (Fsp3) is 0.520. The Hall–Kier alpha value is -3.18. The number of hydrogen-bond acceptors (Lipinski definition) is 6. The molecule has 1 saturated heterocycles. The van der Waals surface area contributed by atoms with Gasteiger partial charge in [0.15, 0.2) is 5.65 Å². The fourth-order valence-corrected chi connectivity index (χ4v) is 4.97. The number of aromatic nitrogens is 4. The number of nitrogens with zero attached hydrogens (tertiary/aromatic N) is 7. The smallest absolute Gasteiger partial charge is 0.267 e. The highest BCUT2D eigenvalue weighted by Gasteiger charge is 2.31.